The van der Waals surface area contributed by atoms with Gasteiger partial charge in [0.1, 0.15) is 84.0 Å². The average molecular weight is 1670 g/mol. The lowest BCUT2D eigenvalue weighted by Gasteiger charge is -2.31. The molecule has 636 valence electrons. The molecular weight excluding hydrogens is 1580 g/mol. The standard InChI is InChI=1S/C66H93N13O34P2/c1-30(2)52(76-57(95)39(18-21-48(84)85)70-63(101)53(32(4)81)77-55(93)37(67)27-50(88)89)62(100)73-42(26-34-11-15-36(16-12-34)113-115(109,110)111)59(97)69-38(17-20-47(82)83)56(94)75-44(29-80)65(103)79-24-6-8-46(79)61(99)72-41(25-33-9-13-35(14-10-33)112-114(106,107)108)58(96)68-31(3)54(92)74-43(28-51(90)91)64(102)78-23-5-7-45(78)60(98)71-40(66(104)105)19-22-49(86)87/h9-16,30-32,37-46,52-53,80-81H,5-8,17-29,67H2,1-4H3,(H,68,96)(H,69,97)(H,70,101)(H,71,98)(H,72,99)(H,73,100)(H,74,92)(H,75,94)(H,76,95)(H,77,93)(H,82,83)(H,84,85)(H,86,87)(H,88,89)(H,90,91)(H,104,105)(H2,106,107,108)(H2,109,110,111)/t31-,32+,37-,38-,39-,40-,41-,42-,43-,44-,45-,46-,52-,53-/m0/s1. The second-order valence-electron chi connectivity index (χ2n) is 27.0. The van der Waals surface area contributed by atoms with Crippen molar-refractivity contribution in [1.29, 1.82) is 0 Å². The number of carbonyl (C=O) groups excluding carboxylic acids is 12. The molecular formula is C66H93N13O34P2. The zero-order valence-electron chi connectivity index (χ0n) is 62.0. The van der Waals surface area contributed by atoms with Gasteiger partial charge in [-0.3, -0.25) is 101 Å². The molecule has 24 N–H and O–H groups in total. The highest BCUT2D eigenvalue weighted by Crippen LogP contribution is 2.38. The van der Waals surface area contributed by atoms with Gasteiger partial charge in [-0.15, -0.1) is 0 Å². The van der Waals surface area contributed by atoms with Crippen molar-refractivity contribution in [2.45, 2.75) is 202 Å². The first-order chi connectivity index (χ1) is 53.6. The van der Waals surface area contributed by atoms with E-state index in [1.807, 2.05) is 5.32 Å². The van der Waals surface area contributed by atoms with Crippen LogP contribution in [0.15, 0.2) is 48.5 Å². The molecule has 2 saturated heterocycles. The number of phosphoric ester groups is 2. The Morgan fingerprint density at radius 3 is 1.20 bits per heavy atom. The van der Waals surface area contributed by atoms with Gasteiger partial charge in [-0.2, -0.15) is 0 Å². The van der Waals surface area contributed by atoms with Gasteiger partial charge in [-0.1, -0.05) is 38.1 Å². The summed E-state index contributed by atoms with van der Waals surface area (Å²) in [5.74, 6) is -25.6. The smallest absolute Gasteiger partial charge is 0.481 e. The summed E-state index contributed by atoms with van der Waals surface area (Å²) in [5.41, 5.74) is 5.79. The summed E-state index contributed by atoms with van der Waals surface area (Å²) < 4.78 is 32.4. The Morgan fingerprint density at radius 2 is 0.791 bits per heavy atom. The van der Waals surface area contributed by atoms with E-state index in [-0.39, 0.29) is 55.6 Å². The number of nitrogens with two attached hydrogens (primary N) is 1. The van der Waals surface area contributed by atoms with Crippen molar-refractivity contribution in [3.05, 3.63) is 59.7 Å². The van der Waals surface area contributed by atoms with Gasteiger partial charge in [0, 0.05) is 45.2 Å². The van der Waals surface area contributed by atoms with Gasteiger partial charge < -0.3 is 119 Å². The molecule has 47 nitrogen and oxygen atoms in total. The van der Waals surface area contributed by atoms with E-state index in [0.717, 1.165) is 60.0 Å². The number of rotatable bonds is 47. The topological polar surface area (TPSA) is 755 Å². The molecule has 2 heterocycles. The fourth-order valence-electron chi connectivity index (χ4n) is 11.7. The van der Waals surface area contributed by atoms with E-state index in [4.69, 9.17) is 15.9 Å². The van der Waals surface area contributed by atoms with Crippen molar-refractivity contribution in [2.75, 3.05) is 19.7 Å². The van der Waals surface area contributed by atoms with Crippen LogP contribution in [0.4, 0.5) is 0 Å². The molecule has 0 saturated carbocycles. The summed E-state index contributed by atoms with van der Waals surface area (Å²) in [6.45, 7) is 3.04. The molecule has 49 heteroatoms. The van der Waals surface area contributed by atoms with Crippen LogP contribution in [-0.4, -0.2) is 281 Å². The molecule has 0 bridgehead atoms. The van der Waals surface area contributed by atoms with E-state index in [1.54, 1.807) is 0 Å². The summed E-state index contributed by atoms with van der Waals surface area (Å²) in [6.07, 6.45) is -9.57. The highest BCUT2D eigenvalue weighted by atomic mass is 31.2. The largest absolute Gasteiger partial charge is 0.524 e. The van der Waals surface area contributed by atoms with Crippen LogP contribution >= 0.6 is 15.6 Å². The minimum absolute atomic E-state index is 0.0207. The number of aliphatic carboxylic acids is 6. The first-order valence-corrected chi connectivity index (χ1v) is 38.3. The second kappa shape index (κ2) is 44.4. The number of nitrogens with one attached hydrogen (secondary N) is 10. The summed E-state index contributed by atoms with van der Waals surface area (Å²) in [6, 6.07) is -14.6. The Bertz CT molecular complexity index is 4010. The minimum atomic E-state index is -5.15. The number of carboxylic acids is 6. The molecule has 14 atom stereocenters. The number of carbonyl (C=O) groups is 18. The number of benzene rings is 2. The first kappa shape index (κ1) is 96.1. The minimum Gasteiger partial charge on any atom is -0.481 e. The van der Waals surface area contributed by atoms with E-state index in [0.29, 0.717) is 0 Å². The Labute approximate surface area is 652 Å². The molecule has 2 aliphatic heterocycles. The molecule has 12 amide bonds. The molecule has 2 aromatic carbocycles. The molecule has 0 aliphatic carbocycles. The number of likely N-dealkylation sites (tertiary alicyclic amines) is 2. The lowest BCUT2D eigenvalue weighted by Crippen LogP contribution is -2.62. The molecule has 115 heavy (non-hydrogen) atoms. The summed E-state index contributed by atoms with van der Waals surface area (Å²) in [5, 5.41) is 101. The third-order valence-electron chi connectivity index (χ3n) is 17.5. The maximum absolute atomic E-state index is 14.7. The monoisotopic (exact) mass is 1670 g/mol. The van der Waals surface area contributed by atoms with Crippen molar-refractivity contribution in [3.8, 4) is 11.5 Å². The van der Waals surface area contributed by atoms with Crippen molar-refractivity contribution in [1.82, 2.24) is 63.0 Å². The van der Waals surface area contributed by atoms with Crippen LogP contribution in [0.25, 0.3) is 0 Å². The lowest BCUT2D eigenvalue weighted by atomic mass is 9.99. The number of nitrogens with zero attached hydrogens (tertiary/aromatic N) is 2. The van der Waals surface area contributed by atoms with Gasteiger partial charge in [0.15, 0.2) is 0 Å². The van der Waals surface area contributed by atoms with Gasteiger partial charge >= 0.3 is 51.5 Å². The molecule has 2 fully saturated rings. The van der Waals surface area contributed by atoms with Crippen LogP contribution < -0.4 is 67.9 Å². The summed E-state index contributed by atoms with van der Waals surface area (Å²) >= 11 is 0. The summed E-state index contributed by atoms with van der Waals surface area (Å²) in [4.78, 5) is 278. The zero-order valence-corrected chi connectivity index (χ0v) is 63.8. The van der Waals surface area contributed by atoms with Gasteiger partial charge in [0.05, 0.1) is 31.6 Å². The fourth-order valence-corrected chi connectivity index (χ4v) is 12.5. The van der Waals surface area contributed by atoms with Crippen molar-refractivity contribution in [2.24, 2.45) is 11.7 Å². The Morgan fingerprint density at radius 1 is 0.435 bits per heavy atom. The van der Waals surface area contributed by atoms with Crippen LogP contribution in [-0.2, 0) is 108 Å². The molecule has 2 aromatic rings. The predicted octanol–water partition coefficient (Wildman–Crippen LogP) is -6.75. The van der Waals surface area contributed by atoms with Crippen LogP contribution in [0.1, 0.15) is 116 Å². The van der Waals surface area contributed by atoms with E-state index in [9.17, 15) is 146 Å². The lowest BCUT2D eigenvalue weighted by molar-refractivity contribution is -0.147. The number of aliphatic hydroxyl groups is 2. The van der Waals surface area contributed by atoms with Crippen LogP contribution in [0.5, 0.6) is 11.5 Å². The molecule has 2 aliphatic rings. The predicted molar refractivity (Wildman–Crippen MR) is 384 cm³/mol. The molecule has 4 rings (SSSR count). The number of phosphoric acid groups is 2. The summed E-state index contributed by atoms with van der Waals surface area (Å²) in [7, 11) is -10.3. The number of aliphatic hydroxyl groups excluding tert-OH is 2. The van der Waals surface area contributed by atoms with Gasteiger partial charge in [-0.05, 0) is 100 Å². The Hall–Kier alpha value is -11.3. The molecule has 0 aromatic heterocycles. The van der Waals surface area contributed by atoms with E-state index in [1.165, 1.54) is 26.0 Å². The first-order valence-electron chi connectivity index (χ1n) is 35.3. The number of hydrogen-bond acceptors (Lipinski definition) is 25. The highest BCUT2D eigenvalue weighted by Gasteiger charge is 2.44. The highest BCUT2D eigenvalue weighted by molar-refractivity contribution is 7.47. The van der Waals surface area contributed by atoms with Crippen LogP contribution in [0, 0.1) is 5.92 Å². The second-order valence-corrected chi connectivity index (χ2v) is 29.3. The van der Waals surface area contributed by atoms with Crippen molar-refractivity contribution in [3.63, 3.8) is 0 Å². The Kier molecular flexibility index (Phi) is 37.1. The van der Waals surface area contributed by atoms with E-state index >= 15 is 0 Å². The van der Waals surface area contributed by atoms with Gasteiger partial charge in [0.2, 0.25) is 70.9 Å². The third-order valence-corrected chi connectivity index (χ3v) is 18.4. The third kappa shape index (κ3) is 32.2. The number of carboxylic acid groups (broad SMARTS) is 6. The maximum atomic E-state index is 14.7. The van der Waals surface area contributed by atoms with Crippen molar-refractivity contribution >= 4 is 122 Å². The Balaban J connectivity index is 1.64. The normalized spacial score (nSPS) is 17.2. The van der Waals surface area contributed by atoms with E-state index < -0.39 is 289 Å². The van der Waals surface area contributed by atoms with Gasteiger partial charge in [-0.25, -0.2) is 13.9 Å². The molecule has 0 unspecified atom stereocenters. The van der Waals surface area contributed by atoms with Crippen LogP contribution in [0.3, 0.4) is 0 Å². The maximum Gasteiger partial charge on any atom is 0.524 e. The quantitative estimate of drug-likeness (QED) is 0.0274. The average Bonchev–Trinajstić information content (AvgIpc) is 1.73. The molecule has 0 spiro atoms. The zero-order chi connectivity index (χ0) is 86.7. The van der Waals surface area contributed by atoms with Gasteiger partial charge in [0.25, 0.3) is 0 Å². The van der Waals surface area contributed by atoms with Crippen LogP contribution in [0.2, 0.25) is 0 Å². The number of hydrogen-bond donors (Lipinski definition) is 23. The number of amides is 12. The SMILES string of the molecule is CC(C)[C@H](NC(=O)[C@H](CCC(=O)O)NC(=O)[C@@H](NC(=O)[C@@H](N)CC(=O)O)[C@@H](C)O)C(=O)N[C@@H](Cc1ccc(OP(=O)(O)O)cc1)C(=O)N[C@@H](CCC(=O)O)C(=O)N[C@@H](CO)C(=O)N1CCC[C@H]1C(=O)N[C@@H](Cc1ccc(OP(=O)(O)O)cc1)C(=O)N[C@@H](C)C(=O)N[C@@H](CC(=O)O)C(=O)N1CCC[C@H]1C(=O)N[C@@H](CCC(=O)O)C(=O)O. The fraction of sp³-hybridized carbons (Fsp3) is 0.545. The molecule has 0 radical (unpaired) electrons. The van der Waals surface area contributed by atoms with Crippen molar-refractivity contribution < 1.29 is 165 Å². The van der Waals surface area contributed by atoms with E-state index in [2.05, 4.69) is 56.9 Å².